The summed E-state index contributed by atoms with van der Waals surface area (Å²) in [5.41, 5.74) is 2.15. The maximum absolute atomic E-state index is 5.75. The van der Waals surface area contributed by atoms with Crippen LogP contribution >= 0.6 is 31.9 Å². The van der Waals surface area contributed by atoms with Crippen molar-refractivity contribution in [1.82, 2.24) is 5.32 Å². The molecule has 0 spiro atoms. The molecule has 1 aromatic heterocycles. The molecule has 1 unspecified atom stereocenters. The van der Waals surface area contributed by atoms with E-state index in [1.54, 1.807) is 6.26 Å². The van der Waals surface area contributed by atoms with Crippen LogP contribution in [0.4, 0.5) is 0 Å². The topological polar surface area (TPSA) is 34.4 Å². The fourth-order valence-electron chi connectivity index (χ4n) is 2.13. The van der Waals surface area contributed by atoms with Gasteiger partial charge in [0.15, 0.2) is 4.67 Å². The molecule has 2 rings (SSSR count). The monoisotopic (exact) mass is 401 g/mol. The largest absolute Gasteiger partial charge is 0.494 e. The molecule has 1 N–H and O–H groups in total. The van der Waals surface area contributed by atoms with Gasteiger partial charge in [0, 0.05) is 15.6 Å². The molecule has 0 saturated heterocycles. The van der Waals surface area contributed by atoms with Gasteiger partial charge >= 0.3 is 0 Å². The molecule has 1 aromatic carbocycles. The predicted molar refractivity (Wildman–Crippen MR) is 87.2 cm³/mol. The fraction of sp³-hybridized carbons (Fsp3) is 0.333. The Bertz CT molecular complexity index is 569. The summed E-state index contributed by atoms with van der Waals surface area (Å²) >= 11 is 6.99. The highest BCUT2D eigenvalue weighted by molar-refractivity contribution is 9.10. The highest BCUT2D eigenvalue weighted by atomic mass is 79.9. The number of rotatable bonds is 6. The van der Waals surface area contributed by atoms with E-state index in [4.69, 9.17) is 9.15 Å². The molecule has 0 saturated carbocycles. The van der Waals surface area contributed by atoms with Crippen LogP contribution in [-0.4, -0.2) is 13.2 Å². The standard InChI is InChI=1S/C15H17Br2NO2/c1-3-18-14(11-7-8-20-15(11)17)12-9-10(16)5-6-13(12)19-4-2/h5-9,14,18H,3-4H2,1-2H3. The maximum atomic E-state index is 5.75. The van der Waals surface area contributed by atoms with Gasteiger partial charge in [0.25, 0.3) is 0 Å². The van der Waals surface area contributed by atoms with Crippen LogP contribution in [0.5, 0.6) is 5.75 Å². The second kappa shape index (κ2) is 7.29. The van der Waals surface area contributed by atoms with Gasteiger partial charge in [-0.15, -0.1) is 0 Å². The summed E-state index contributed by atoms with van der Waals surface area (Å²) < 4.78 is 12.9. The van der Waals surface area contributed by atoms with Crippen molar-refractivity contribution < 1.29 is 9.15 Å². The number of benzene rings is 1. The first-order valence-corrected chi connectivity index (χ1v) is 8.14. The van der Waals surface area contributed by atoms with Crippen molar-refractivity contribution in [2.75, 3.05) is 13.2 Å². The summed E-state index contributed by atoms with van der Waals surface area (Å²) in [4.78, 5) is 0. The molecule has 1 heterocycles. The zero-order valence-corrected chi connectivity index (χ0v) is 14.6. The lowest BCUT2D eigenvalue weighted by molar-refractivity contribution is 0.333. The Morgan fingerprint density at radius 3 is 2.60 bits per heavy atom. The molecule has 20 heavy (non-hydrogen) atoms. The third kappa shape index (κ3) is 3.45. The van der Waals surface area contributed by atoms with Crippen LogP contribution in [0.25, 0.3) is 0 Å². The normalized spacial score (nSPS) is 12.4. The molecular weight excluding hydrogens is 386 g/mol. The van der Waals surface area contributed by atoms with E-state index >= 15 is 0 Å². The lowest BCUT2D eigenvalue weighted by Gasteiger charge is -2.21. The van der Waals surface area contributed by atoms with Crippen LogP contribution in [-0.2, 0) is 0 Å². The first-order valence-electron chi connectivity index (χ1n) is 6.55. The van der Waals surface area contributed by atoms with Gasteiger partial charge in [0.2, 0.25) is 0 Å². The number of halogens is 2. The number of ether oxygens (including phenoxy) is 1. The second-order valence-corrected chi connectivity index (χ2v) is 5.89. The third-order valence-electron chi connectivity index (χ3n) is 2.95. The molecular formula is C15H17Br2NO2. The minimum atomic E-state index is 0.0205. The average Bonchev–Trinajstić information content (AvgIpc) is 2.85. The third-order valence-corrected chi connectivity index (χ3v) is 4.09. The van der Waals surface area contributed by atoms with Crippen LogP contribution in [0, 0.1) is 0 Å². The van der Waals surface area contributed by atoms with E-state index in [-0.39, 0.29) is 6.04 Å². The molecule has 0 radical (unpaired) electrons. The maximum Gasteiger partial charge on any atom is 0.174 e. The van der Waals surface area contributed by atoms with Gasteiger partial charge in [-0.25, -0.2) is 0 Å². The zero-order chi connectivity index (χ0) is 14.5. The van der Waals surface area contributed by atoms with Gasteiger partial charge in [0.1, 0.15) is 5.75 Å². The van der Waals surface area contributed by atoms with Crippen LogP contribution in [0.15, 0.2) is 44.1 Å². The van der Waals surface area contributed by atoms with Crippen LogP contribution in [0.2, 0.25) is 0 Å². The Labute approximate surface area is 136 Å². The van der Waals surface area contributed by atoms with E-state index in [0.29, 0.717) is 6.61 Å². The molecule has 0 aliphatic heterocycles. The number of nitrogens with one attached hydrogen (secondary N) is 1. The second-order valence-electron chi connectivity index (χ2n) is 4.26. The lowest BCUT2D eigenvalue weighted by atomic mass is 10.00. The minimum Gasteiger partial charge on any atom is -0.494 e. The smallest absolute Gasteiger partial charge is 0.174 e. The molecule has 1 atom stereocenters. The Balaban J connectivity index is 2.48. The van der Waals surface area contributed by atoms with E-state index in [0.717, 1.165) is 32.6 Å². The molecule has 0 aliphatic rings. The quantitative estimate of drug-likeness (QED) is 0.745. The summed E-state index contributed by atoms with van der Waals surface area (Å²) in [6.07, 6.45) is 1.68. The molecule has 0 aliphatic carbocycles. The first-order chi connectivity index (χ1) is 9.67. The van der Waals surface area contributed by atoms with Crippen LogP contribution in [0.1, 0.15) is 31.0 Å². The van der Waals surface area contributed by atoms with Gasteiger partial charge < -0.3 is 14.5 Å². The lowest BCUT2D eigenvalue weighted by Crippen LogP contribution is -2.22. The Kier molecular flexibility index (Phi) is 5.69. The van der Waals surface area contributed by atoms with Crippen molar-refractivity contribution in [2.24, 2.45) is 0 Å². The van der Waals surface area contributed by atoms with Crippen molar-refractivity contribution >= 4 is 31.9 Å². The summed E-state index contributed by atoms with van der Waals surface area (Å²) in [6, 6.07) is 8.04. The molecule has 2 aromatic rings. The van der Waals surface area contributed by atoms with Crippen LogP contribution < -0.4 is 10.1 Å². The van der Waals surface area contributed by atoms with Crippen LogP contribution in [0.3, 0.4) is 0 Å². The first kappa shape index (κ1) is 15.6. The summed E-state index contributed by atoms with van der Waals surface area (Å²) in [7, 11) is 0. The number of hydrogen-bond acceptors (Lipinski definition) is 3. The summed E-state index contributed by atoms with van der Waals surface area (Å²) in [5, 5.41) is 3.48. The van der Waals surface area contributed by atoms with Crippen molar-refractivity contribution in [3.8, 4) is 5.75 Å². The van der Waals surface area contributed by atoms with Crippen molar-refractivity contribution in [3.05, 3.63) is 50.8 Å². The Morgan fingerprint density at radius 1 is 1.20 bits per heavy atom. The van der Waals surface area contributed by atoms with Gasteiger partial charge in [-0.1, -0.05) is 22.9 Å². The van der Waals surface area contributed by atoms with E-state index in [1.165, 1.54) is 0 Å². The molecule has 0 amide bonds. The molecule has 0 bridgehead atoms. The SMILES string of the molecule is CCNC(c1cc(Br)ccc1OCC)c1ccoc1Br. The van der Waals surface area contributed by atoms with Crippen molar-refractivity contribution in [3.63, 3.8) is 0 Å². The average molecular weight is 403 g/mol. The summed E-state index contributed by atoms with van der Waals surface area (Å²) in [5.74, 6) is 0.884. The number of furan rings is 1. The molecule has 5 heteroatoms. The summed E-state index contributed by atoms with van der Waals surface area (Å²) in [6.45, 7) is 5.56. The number of hydrogen-bond donors (Lipinski definition) is 1. The molecule has 0 fully saturated rings. The highest BCUT2D eigenvalue weighted by Gasteiger charge is 2.21. The van der Waals surface area contributed by atoms with E-state index < -0.39 is 0 Å². The van der Waals surface area contributed by atoms with E-state index in [1.807, 2.05) is 25.1 Å². The van der Waals surface area contributed by atoms with Crippen molar-refractivity contribution in [1.29, 1.82) is 0 Å². The fourth-order valence-corrected chi connectivity index (χ4v) is 2.98. The molecule has 3 nitrogen and oxygen atoms in total. The zero-order valence-electron chi connectivity index (χ0n) is 11.5. The van der Waals surface area contributed by atoms with Crippen molar-refractivity contribution in [2.45, 2.75) is 19.9 Å². The minimum absolute atomic E-state index is 0.0205. The van der Waals surface area contributed by atoms with E-state index in [9.17, 15) is 0 Å². The van der Waals surface area contributed by atoms with Gasteiger partial charge in [-0.2, -0.15) is 0 Å². The van der Waals surface area contributed by atoms with Gasteiger partial charge in [-0.05, 0) is 53.7 Å². The van der Waals surface area contributed by atoms with Gasteiger partial charge in [0.05, 0.1) is 18.9 Å². The highest BCUT2D eigenvalue weighted by Crippen LogP contribution is 2.36. The van der Waals surface area contributed by atoms with Gasteiger partial charge in [-0.3, -0.25) is 0 Å². The van der Waals surface area contributed by atoms with E-state index in [2.05, 4.69) is 50.2 Å². The molecule has 108 valence electrons. The Hall–Kier alpha value is -0.780. The predicted octanol–water partition coefficient (Wildman–Crippen LogP) is 4.90. The Morgan fingerprint density at radius 2 is 2.00 bits per heavy atom.